The van der Waals surface area contributed by atoms with Crippen LogP contribution < -0.4 is 10.1 Å². The molecule has 0 spiro atoms. The molecule has 0 saturated heterocycles. The van der Waals surface area contributed by atoms with Crippen LogP contribution in [0.3, 0.4) is 0 Å². The van der Waals surface area contributed by atoms with Crippen molar-refractivity contribution >= 4 is 23.4 Å². The van der Waals surface area contributed by atoms with Gasteiger partial charge in [-0.2, -0.15) is 4.98 Å². The second-order valence-corrected chi connectivity index (χ2v) is 6.56. The molecule has 0 aliphatic heterocycles. The van der Waals surface area contributed by atoms with Crippen molar-refractivity contribution in [2.75, 3.05) is 5.32 Å². The lowest BCUT2D eigenvalue weighted by Crippen LogP contribution is -2.17. The number of carbonyl (C=O) groups excluding carboxylic acids is 1. The number of nitrogens with zero attached hydrogens (tertiary/aromatic N) is 2. The second-order valence-electron chi connectivity index (χ2n) is 5.54. The predicted octanol–water partition coefficient (Wildman–Crippen LogP) is 4.82. The van der Waals surface area contributed by atoms with E-state index in [1.807, 2.05) is 0 Å². The van der Waals surface area contributed by atoms with Gasteiger partial charge in [0.1, 0.15) is 5.75 Å². The van der Waals surface area contributed by atoms with Gasteiger partial charge in [0.15, 0.2) is 5.82 Å². The maximum atomic E-state index is 12.6. The SMILES string of the molecule is Cc1nc(CSc2ccccc2C(=O)Nc2ccc(OC(F)(F)F)cc2)no1. The Morgan fingerprint density at radius 2 is 1.89 bits per heavy atom. The number of halogens is 3. The minimum absolute atomic E-state index is 0.341. The van der Waals surface area contributed by atoms with E-state index < -0.39 is 12.3 Å². The van der Waals surface area contributed by atoms with Crippen molar-refractivity contribution in [2.45, 2.75) is 23.9 Å². The molecule has 0 fully saturated rings. The minimum atomic E-state index is -4.77. The molecule has 3 rings (SSSR count). The van der Waals surface area contributed by atoms with E-state index in [-0.39, 0.29) is 5.75 Å². The molecule has 0 atom stereocenters. The Labute approximate surface area is 162 Å². The normalized spacial score (nSPS) is 11.3. The molecule has 10 heteroatoms. The molecule has 1 amide bonds. The number of hydrogen-bond acceptors (Lipinski definition) is 6. The smallest absolute Gasteiger partial charge is 0.406 e. The van der Waals surface area contributed by atoms with Crippen LogP contribution in [0.5, 0.6) is 5.75 Å². The van der Waals surface area contributed by atoms with E-state index >= 15 is 0 Å². The van der Waals surface area contributed by atoms with Gasteiger partial charge in [-0.05, 0) is 36.4 Å². The van der Waals surface area contributed by atoms with Gasteiger partial charge < -0.3 is 14.6 Å². The summed E-state index contributed by atoms with van der Waals surface area (Å²) in [5, 5.41) is 6.46. The van der Waals surface area contributed by atoms with Gasteiger partial charge >= 0.3 is 6.36 Å². The lowest BCUT2D eigenvalue weighted by Gasteiger charge is -2.11. The highest BCUT2D eigenvalue weighted by atomic mass is 32.2. The first-order chi connectivity index (χ1) is 13.3. The molecule has 0 saturated carbocycles. The summed E-state index contributed by atoms with van der Waals surface area (Å²) in [4.78, 5) is 17.4. The van der Waals surface area contributed by atoms with Crippen LogP contribution in [0.25, 0.3) is 0 Å². The number of aryl methyl sites for hydroxylation is 1. The molecule has 1 N–H and O–H groups in total. The van der Waals surface area contributed by atoms with E-state index in [9.17, 15) is 18.0 Å². The summed E-state index contributed by atoms with van der Waals surface area (Å²) in [6.45, 7) is 1.69. The van der Waals surface area contributed by atoms with E-state index in [1.165, 1.54) is 23.9 Å². The third kappa shape index (κ3) is 5.49. The van der Waals surface area contributed by atoms with Crippen molar-refractivity contribution < 1.29 is 27.2 Å². The molecule has 2 aromatic carbocycles. The van der Waals surface area contributed by atoms with Crippen LogP contribution in [0.4, 0.5) is 18.9 Å². The van der Waals surface area contributed by atoms with E-state index in [4.69, 9.17) is 4.52 Å². The van der Waals surface area contributed by atoms with E-state index in [2.05, 4.69) is 20.2 Å². The number of hydrogen-bond donors (Lipinski definition) is 1. The Bertz CT molecular complexity index is 958. The van der Waals surface area contributed by atoms with Crippen LogP contribution in [-0.2, 0) is 5.75 Å². The maximum Gasteiger partial charge on any atom is 0.573 e. The number of benzene rings is 2. The average Bonchev–Trinajstić information content (AvgIpc) is 3.06. The van der Waals surface area contributed by atoms with Crippen molar-refractivity contribution in [1.29, 1.82) is 0 Å². The Hall–Kier alpha value is -3.01. The van der Waals surface area contributed by atoms with Gasteiger partial charge in [0.05, 0.1) is 11.3 Å². The number of amides is 1. The van der Waals surface area contributed by atoms with E-state index in [0.717, 1.165) is 12.1 Å². The molecule has 1 aromatic heterocycles. The van der Waals surface area contributed by atoms with Gasteiger partial charge in [0, 0.05) is 17.5 Å². The van der Waals surface area contributed by atoms with Crippen molar-refractivity contribution in [3.8, 4) is 5.75 Å². The fraction of sp³-hybridized carbons (Fsp3) is 0.167. The first kappa shape index (κ1) is 19.7. The highest BCUT2D eigenvalue weighted by molar-refractivity contribution is 7.98. The second kappa shape index (κ2) is 8.34. The predicted molar refractivity (Wildman–Crippen MR) is 96.1 cm³/mol. The molecule has 0 aliphatic carbocycles. The molecule has 3 aromatic rings. The van der Waals surface area contributed by atoms with Gasteiger partial charge in [-0.15, -0.1) is 24.9 Å². The molecule has 6 nitrogen and oxygen atoms in total. The number of nitrogens with one attached hydrogen (secondary N) is 1. The third-order valence-corrected chi connectivity index (χ3v) is 4.47. The molecular formula is C18H14F3N3O3S. The van der Waals surface area contributed by atoms with Gasteiger partial charge in [-0.3, -0.25) is 4.79 Å². The van der Waals surface area contributed by atoms with Crippen molar-refractivity contribution in [3.63, 3.8) is 0 Å². The fourth-order valence-corrected chi connectivity index (χ4v) is 3.15. The lowest BCUT2D eigenvalue weighted by molar-refractivity contribution is -0.274. The van der Waals surface area contributed by atoms with Crippen LogP contribution in [-0.4, -0.2) is 22.4 Å². The fourth-order valence-electron chi connectivity index (χ4n) is 2.26. The van der Waals surface area contributed by atoms with Crippen LogP contribution in [0.2, 0.25) is 0 Å². The number of aromatic nitrogens is 2. The summed E-state index contributed by atoms with van der Waals surface area (Å²) in [7, 11) is 0. The summed E-state index contributed by atoms with van der Waals surface area (Å²) in [5.41, 5.74) is 0.761. The van der Waals surface area contributed by atoms with E-state index in [1.54, 1.807) is 31.2 Å². The lowest BCUT2D eigenvalue weighted by atomic mass is 10.2. The topological polar surface area (TPSA) is 77.2 Å². The van der Waals surface area contributed by atoms with Crippen LogP contribution in [0.15, 0.2) is 57.9 Å². The Morgan fingerprint density at radius 1 is 1.18 bits per heavy atom. The van der Waals surface area contributed by atoms with Gasteiger partial charge in [0.25, 0.3) is 5.91 Å². The Balaban J connectivity index is 1.67. The third-order valence-electron chi connectivity index (χ3n) is 3.40. The highest BCUT2D eigenvalue weighted by Gasteiger charge is 2.31. The Morgan fingerprint density at radius 3 is 2.54 bits per heavy atom. The number of thioether (sulfide) groups is 1. The monoisotopic (exact) mass is 409 g/mol. The summed E-state index contributed by atoms with van der Waals surface area (Å²) in [5.74, 6) is 0.636. The van der Waals surface area contributed by atoms with Crippen molar-refractivity contribution in [1.82, 2.24) is 10.1 Å². The minimum Gasteiger partial charge on any atom is -0.406 e. The van der Waals surface area contributed by atoms with Gasteiger partial charge in [-0.1, -0.05) is 17.3 Å². The van der Waals surface area contributed by atoms with Crippen LogP contribution >= 0.6 is 11.8 Å². The molecule has 146 valence electrons. The zero-order valence-electron chi connectivity index (χ0n) is 14.5. The number of carbonyl (C=O) groups is 1. The van der Waals surface area contributed by atoms with Crippen LogP contribution in [0, 0.1) is 6.92 Å². The summed E-state index contributed by atoms with van der Waals surface area (Å²) in [6.07, 6.45) is -4.77. The molecule has 1 heterocycles. The highest BCUT2D eigenvalue weighted by Crippen LogP contribution is 2.27. The number of ether oxygens (including phenoxy) is 1. The quantitative estimate of drug-likeness (QED) is 0.588. The molecule has 0 aliphatic rings. The molecule has 28 heavy (non-hydrogen) atoms. The molecule has 0 radical (unpaired) electrons. The maximum absolute atomic E-state index is 12.6. The Kier molecular flexibility index (Phi) is 5.88. The molecule has 0 bridgehead atoms. The standard InChI is InChI=1S/C18H14F3N3O3S/c1-11-22-16(24-27-11)10-28-15-5-3-2-4-14(15)17(25)23-12-6-8-13(9-7-12)26-18(19,20)21/h2-9H,10H2,1H3,(H,23,25). The molecular weight excluding hydrogens is 395 g/mol. The molecule has 0 unspecified atom stereocenters. The first-order valence-electron chi connectivity index (χ1n) is 7.98. The van der Waals surface area contributed by atoms with Crippen molar-refractivity contribution in [3.05, 3.63) is 65.8 Å². The number of alkyl halides is 3. The summed E-state index contributed by atoms with van der Waals surface area (Å²) >= 11 is 1.37. The average molecular weight is 409 g/mol. The van der Waals surface area contributed by atoms with Gasteiger partial charge in [0.2, 0.25) is 5.89 Å². The van der Waals surface area contributed by atoms with Crippen molar-refractivity contribution in [2.24, 2.45) is 0 Å². The zero-order valence-corrected chi connectivity index (χ0v) is 15.3. The first-order valence-corrected chi connectivity index (χ1v) is 8.97. The summed E-state index contributed by atoms with van der Waals surface area (Å²) in [6, 6.07) is 11.9. The number of rotatable bonds is 6. The van der Waals surface area contributed by atoms with E-state index in [0.29, 0.717) is 33.6 Å². The van der Waals surface area contributed by atoms with Gasteiger partial charge in [-0.25, -0.2) is 0 Å². The largest absolute Gasteiger partial charge is 0.573 e. The zero-order chi connectivity index (χ0) is 20.1. The van der Waals surface area contributed by atoms with Crippen LogP contribution in [0.1, 0.15) is 22.1 Å². The number of anilines is 1. The summed E-state index contributed by atoms with van der Waals surface area (Å²) < 4.78 is 45.3.